The molecule has 0 fully saturated rings. The minimum Gasteiger partial charge on any atom is -0.496 e. The molecule has 6 heteroatoms. The fourth-order valence-electron chi connectivity index (χ4n) is 2.55. The molecule has 0 aliphatic rings. The first-order valence-corrected chi connectivity index (χ1v) is 7.89. The monoisotopic (exact) mass is 360 g/mol. The fraction of sp³-hybridized carbons (Fsp3) is 0.300. The maximum absolute atomic E-state index is 5.45. The van der Waals surface area contributed by atoms with Crippen molar-refractivity contribution in [3.63, 3.8) is 0 Å². The Kier molecular flexibility index (Phi) is 6.60. The number of benzene rings is 2. The molecular weight excluding hydrogens is 336 g/mol. The van der Waals surface area contributed by atoms with E-state index in [9.17, 15) is 0 Å². The maximum atomic E-state index is 5.45. The van der Waals surface area contributed by atoms with Crippen molar-refractivity contribution in [1.82, 2.24) is 0 Å². The summed E-state index contributed by atoms with van der Waals surface area (Å²) in [6.07, 6.45) is 3.81. The summed E-state index contributed by atoms with van der Waals surface area (Å²) in [5.74, 6) is 3.77. The molecule has 2 aromatic rings. The van der Waals surface area contributed by atoms with Crippen LogP contribution in [-0.4, -0.2) is 42.7 Å². The molecule has 0 N–H and O–H groups in total. The van der Waals surface area contributed by atoms with Gasteiger partial charge in [-0.25, -0.2) is 0 Å². The van der Waals surface area contributed by atoms with Crippen LogP contribution >= 0.6 is 0 Å². The second-order valence-corrected chi connectivity index (χ2v) is 5.23. The predicted octanol–water partition coefficient (Wildman–Crippen LogP) is 3.91. The molecule has 0 saturated carbocycles. The van der Waals surface area contributed by atoms with Gasteiger partial charge in [-0.15, -0.1) is 0 Å². The Bertz CT molecular complexity index is 717. The zero-order valence-corrected chi connectivity index (χ0v) is 15.9. The molecular formula is C20H24O6. The largest absolute Gasteiger partial charge is 0.496 e. The SMILES string of the molecule is COc1cc(OC)c(OC)cc1/C=C\c1cc(OC)c(OC)cc1OC. The summed E-state index contributed by atoms with van der Waals surface area (Å²) < 4.78 is 32.2. The van der Waals surface area contributed by atoms with Crippen LogP contribution in [0.2, 0.25) is 0 Å². The van der Waals surface area contributed by atoms with Crippen LogP contribution in [0.25, 0.3) is 12.2 Å². The first-order valence-electron chi connectivity index (χ1n) is 7.89. The van der Waals surface area contributed by atoms with Crippen LogP contribution in [0, 0.1) is 0 Å². The van der Waals surface area contributed by atoms with Gasteiger partial charge in [0.1, 0.15) is 11.5 Å². The van der Waals surface area contributed by atoms with Crippen molar-refractivity contribution in [2.75, 3.05) is 42.7 Å². The predicted molar refractivity (Wildman–Crippen MR) is 101 cm³/mol. The van der Waals surface area contributed by atoms with Crippen LogP contribution in [0.4, 0.5) is 0 Å². The molecule has 0 atom stereocenters. The molecule has 2 rings (SSSR count). The molecule has 0 unspecified atom stereocenters. The highest BCUT2D eigenvalue weighted by atomic mass is 16.5. The molecule has 2 aromatic carbocycles. The van der Waals surface area contributed by atoms with Crippen molar-refractivity contribution >= 4 is 12.2 Å². The minimum atomic E-state index is 0.602. The number of methoxy groups -OCH3 is 6. The average Bonchev–Trinajstić information content (AvgIpc) is 2.70. The molecule has 0 amide bonds. The molecule has 0 radical (unpaired) electrons. The van der Waals surface area contributed by atoms with E-state index >= 15 is 0 Å². The highest BCUT2D eigenvalue weighted by molar-refractivity contribution is 5.77. The average molecular weight is 360 g/mol. The Balaban J connectivity index is 2.49. The summed E-state index contributed by atoms with van der Waals surface area (Å²) in [5, 5.41) is 0. The summed E-state index contributed by atoms with van der Waals surface area (Å²) in [7, 11) is 9.57. The van der Waals surface area contributed by atoms with Gasteiger partial charge in [0.05, 0.1) is 42.7 Å². The third-order valence-corrected chi connectivity index (χ3v) is 3.91. The van der Waals surface area contributed by atoms with Crippen LogP contribution in [0.15, 0.2) is 24.3 Å². The molecule has 0 bridgehead atoms. The lowest BCUT2D eigenvalue weighted by Crippen LogP contribution is -1.95. The normalized spacial score (nSPS) is 10.5. The van der Waals surface area contributed by atoms with E-state index in [1.54, 1.807) is 54.8 Å². The summed E-state index contributed by atoms with van der Waals surface area (Å²) in [5.41, 5.74) is 1.67. The van der Waals surface area contributed by atoms with E-state index in [1.165, 1.54) is 0 Å². The molecule has 0 aliphatic heterocycles. The summed E-state index contributed by atoms with van der Waals surface area (Å²) in [6, 6.07) is 7.26. The van der Waals surface area contributed by atoms with Crippen molar-refractivity contribution in [3.05, 3.63) is 35.4 Å². The van der Waals surface area contributed by atoms with Crippen LogP contribution in [-0.2, 0) is 0 Å². The van der Waals surface area contributed by atoms with E-state index in [2.05, 4.69) is 0 Å². The quantitative estimate of drug-likeness (QED) is 0.666. The Labute approximate surface area is 153 Å². The van der Waals surface area contributed by atoms with Gasteiger partial charge in [0.15, 0.2) is 23.0 Å². The van der Waals surface area contributed by atoms with E-state index in [0.717, 1.165) is 11.1 Å². The van der Waals surface area contributed by atoms with Crippen LogP contribution in [0.5, 0.6) is 34.5 Å². The number of hydrogen-bond donors (Lipinski definition) is 0. The Hall–Kier alpha value is -3.02. The van der Waals surface area contributed by atoms with E-state index < -0.39 is 0 Å². The van der Waals surface area contributed by atoms with E-state index in [-0.39, 0.29) is 0 Å². The minimum absolute atomic E-state index is 0.602. The van der Waals surface area contributed by atoms with Crippen molar-refractivity contribution in [1.29, 1.82) is 0 Å². The molecule has 26 heavy (non-hydrogen) atoms. The summed E-state index contributed by atoms with van der Waals surface area (Å²) >= 11 is 0. The molecule has 6 nitrogen and oxygen atoms in total. The lowest BCUT2D eigenvalue weighted by Gasteiger charge is -2.13. The van der Waals surface area contributed by atoms with Gasteiger partial charge in [-0.05, 0) is 12.1 Å². The van der Waals surface area contributed by atoms with E-state index in [1.807, 2.05) is 24.3 Å². The zero-order chi connectivity index (χ0) is 19.1. The third-order valence-electron chi connectivity index (χ3n) is 3.91. The van der Waals surface area contributed by atoms with Gasteiger partial charge in [0.2, 0.25) is 0 Å². The topological polar surface area (TPSA) is 55.4 Å². The number of rotatable bonds is 8. The maximum Gasteiger partial charge on any atom is 0.164 e. The van der Waals surface area contributed by atoms with E-state index in [0.29, 0.717) is 34.5 Å². The van der Waals surface area contributed by atoms with Gasteiger partial charge >= 0.3 is 0 Å². The van der Waals surface area contributed by atoms with Crippen molar-refractivity contribution in [2.24, 2.45) is 0 Å². The zero-order valence-electron chi connectivity index (χ0n) is 15.9. The van der Waals surface area contributed by atoms with Crippen molar-refractivity contribution in [3.8, 4) is 34.5 Å². The van der Waals surface area contributed by atoms with E-state index in [4.69, 9.17) is 28.4 Å². The summed E-state index contributed by atoms with van der Waals surface area (Å²) in [6.45, 7) is 0. The number of hydrogen-bond acceptors (Lipinski definition) is 6. The Morgan fingerprint density at radius 3 is 0.962 bits per heavy atom. The molecule has 0 aliphatic carbocycles. The van der Waals surface area contributed by atoms with Crippen molar-refractivity contribution in [2.45, 2.75) is 0 Å². The van der Waals surface area contributed by atoms with Crippen LogP contribution in [0.1, 0.15) is 11.1 Å². The molecule has 0 saturated heterocycles. The molecule has 0 heterocycles. The Morgan fingerprint density at radius 2 is 0.692 bits per heavy atom. The second-order valence-electron chi connectivity index (χ2n) is 5.23. The fourth-order valence-corrected chi connectivity index (χ4v) is 2.55. The van der Waals surface area contributed by atoms with Gasteiger partial charge in [0, 0.05) is 23.3 Å². The standard InChI is InChI=1S/C20H24O6/c1-21-15-11-19(25-5)17(23-3)9-13(15)7-8-14-10-18(24-4)20(26-6)12-16(14)22-2/h7-12H,1-6H3/b8-7-. The first-order chi connectivity index (χ1) is 12.6. The van der Waals surface area contributed by atoms with Crippen LogP contribution in [0.3, 0.4) is 0 Å². The van der Waals surface area contributed by atoms with Crippen molar-refractivity contribution < 1.29 is 28.4 Å². The van der Waals surface area contributed by atoms with Crippen LogP contribution < -0.4 is 28.4 Å². The number of ether oxygens (including phenoxy) is 6. The highest BCUT2D eigenvalue weighted by Crippen LogP contribution is 2.38. The molecule has 0 spiro atoms. The van der Waals surface area contributed by atoms with Gasteiger partial charge in [0.25, 0.3) is 0 Å². The second kappa shape index (κ2) is 8.89. The summed E-state index contributed by atoms with van der Waals surface area (Å²) in [4.78, 5) is 0. The van der Waals surface area contributed by atoms with Gasteiger partial charge < -0.3 is 28.4 Å². The lowest BCUT2D eigenvalue weighted by atomic mass is 10.1. The van der Waals surface area contributed by atoms with Gasteiger partial charge in [-0.2, -0.15) is 0 Å². The van der Waals surface area contributed by atoms with Gasteiger partial charge in [-0.3, -0.25) is 0 Å². The first kappa shape index (κ1) is 19.3. The highest BCUT2D eigenvalue weighted by Gasteiger charge is 2.12. The van der Waals surface area contributed by atoms with Gasteiger partial charge in [-0.1, -0.05) is 12.2 Å². The smallest absolute Gasteiger partial charge is 0.164 e. The Morgan fingerprint density at radius 1 is 0.423 bits per heavy atom. The third kappa shape index (κ3) is 3.96. The lowest BCUT2D eigenvalue weighted by molar-refractivity contribution is 0.348. The molecule has 140 valence electrons. The molecule has 0 aromatic heterocycles.